The summed E-state index contributed by atoms with van der Waals surface area (Å²) in [4.78, 5) is 14.1. The Morgan fingerprint density at radius 3 is 2.46 bits per heavy atom. The van der Waals surface area contributed by atoms with Gasteiger partial charge in [-0.25, -0.2) is 4.98 Å². The van der Waals surface area contributed by atoms with Crippen molar-refractivity contribution in [3.05, 3.63) is 91.0 Å². The van der Waals surface area contributed by atoms with Gasteiger partial charge in [0.25, 0.3) is 5.69 Å². The molecule has 0 bridgehead atoms. The molecule has 1 N–H and O–H groups in total. The SMILES string of the molecule is O=[N+]([O-])c1ccc(N/N=C/c2cc(Br)c(OCc3ccccc3)c(Br)c2)nc1. The molecule has 28 heavy (non-hydrogen) atoms. The molecule has 3 aromatic rings. The van der Waals surface area contributed by atoms with Crippen molar-refractivity contribution in [1.82, 2.24) is 4.98 Å². The van der Waals surface area contributed by atoms with Gasteiger partial charge in [-0.3, -0.25) is 15.5 Å². The van der Waals surface area contributed by atoms with Crippen LogP contribution in [0, 0.1) is 10.1 Å². The van der Waals surface area contributed by atoms with E-state index in [2.05, 4.69) is 47.4 Å². The Bertz CT molecular complexity index is 973. The predicted molar refractivity (Wildman–Crippen MR) is 115 cm³/mol. The number of nitrogens with zero attached hydrogens (tertiary/aromatic N) is 3. The summed E-state index contributed by atoms with van der Waals surface area (Å²) in [6.45, 7) is 0.457. The van der Waals surface area contributed by atoms with Gasteiger partial charge in [-0.2, -0.15) is 5.10 Å². The van der Waals surface area contributed by atoms with Crippen LogP contribution in [0.3, 0.4) is 0 Å². The molecule has 1 heterocycles. The number of hydrazone groups is 1. The number of hydrogen-bond donors (Lipinski definition) is 1. The summed E-state index contributed by atoms with van der Waals surface area (Å²) in [5.41, 5.74) is 4.55. The van der Waals surface area contributed by atoms with Crippen LogP contribution in [0.1, 0.15) is 11.1 Å². The smallest absolute Gasteiger partial charge is 0.287 e. The van der Waals surface area contributed by atoms with Crippen LogP contribution < -0.4 is 10.2 Å². The molecule has 142 valence electrons. The summed E-state index contributed by atoms with van der Waals surface area (Å²) in [6, 6.07) is 16.5. The molecule has 9 heteroatoms. The summed E-state index contributed by atoms with van der Waals surface area (Å²) in [5.74, 6) is 1.11. The third-order valence-electron chi connectivity index (χ3n) is 3.60. The molecule has 0 aliphatic rings. The van der Waals surface area contributed by atoms with Crippen molar-refractivity contribution in [2.24, 2.45) is 5.10 Å². The summed E-state index contributed by atoms with van der Waals surface area (Å²) in [6.07, 6.45) is 2.78. The Hall–Kier alpha value is -2.78. The lowest BCUT2D eigenvalue weighted by Gasteiger charge is -2.11. The normalized spacial score (nSPS) is 10.8. The number of nitro groups is 1. The van der Waals surface area contributed by atoms with Gasteiger partial charge in [0.1, 0.15) is 24.4 Å². The lowest BCUT2D eigenvalue weighted by Crippen LogP contribution is -1.98. The van der Waals surface area contributed by atoms with Crippen molar-refractivity contribution in [3.63, 3.8) is 0 Å². The van der Waals surface area contributed by atoms with Crippen molar-refractivity contribution < 1.29 is 9.66 Å². The lowest BCUT2D eigenvalue weighted by molar-refractivity contribution is -0.385. The third kappa shape index (κ3) is 5.37. The molecule has 0 saturated carbocycles. The Morgan fingerprint density at radius 1 is 1.14 bits per heavy atom. The average molecular weight is 506 g/mol. The Labute approximate surface area is 177 Å². The predicted octanol–water partition coefficient (Wildman–Crippen LogP) is 5.54. The van der Waals surface area contributed by atoms with E-state index < -0.39 is 4.92 Å². The maximum Gasteiger partial charge on any atom is 0.287 e. The quantitative estimate of drug-likeness (QED) is 0.258. The molecule has 0 saturated heterocycles. The van der Waals surface area contributed by atoms with Crippen LogP contribution >= 0.6 is 31.9 Å². The summed E-state index contributed by atoms with van der Waals surface area (Å²) < 4.78 is 7.46. The number of ether oxygens (including phenoxy) is 1. The Morgan fingerprint density at radius 2 is 1.86 bits per heavy atom. The second-order valence-corrected chi connectivity index (χ2v) is 7.33. The number of nitrogens with one attached hydrogen (secondary N) is 1. The zero-order valence-corrected chi connectivity index (χ0v) is 17.6. The first-order chi connectivity index (χ1) is 13.5. The molecular formula is C19H14Br2N4O3. The minimum atomic E-state index is -0.503. The van der Waals surface area contributed by atoms with E-state index in [0.29, 0.717) is 18.2 Å². The molecule has 7 nitrogen and oxygen atoms in total. The van der Waals surface area contributed by atoms with Crippen molar-refractivity contribution in [3.8, 4) is 5.75 Å². The highest BCUT2D eigenvalue weighted by Crippen LogP contribution is 2.35. The highest BCUT2D eigenvalue weighted by Gasteiger charge is 2.09. The second-order valence-electron chi connectivity index (χ2n) is 5.62. The number of rotatable bonds is 7. The van der Waals surface area contributed by atoms with Crippen LogP contribution in [-0.4, -0.2) is 16.1 Å². The highest BCUT2D eigenvalue weighted by molar-refractivity contribution is 9.11. The van der Waals surface area contributed by atoms with E-state index in [9.17, 15) is 10.1 Å². The van der Waals surface area contributed by atoms with Gasteiger partial charge >= 0.3 is 0 Å². The number of aromatic nitrogens is 1. The van der Waals surface area contributed by atoms with Crippen molar-refractivity contribution in [2.45, 2.75) is 6.61 Å². The Balaban J connectivity index is 1.64. The molecule has 0 amide bonds. The van der Waals surface area contributed by atoms with E-state index in [0.717, 1.165) is 20.1 Å². The molecule has 0 fully saturated rings. The van der Waals surface area contributed by atoms with Gasteiger partial charge in [0, 0.05) is 6.07 Å². The van der Waals surface area contributed by atoms with E-state index in [1.165, 1.54) is 18.3 Å². The first kappa shape index (κ1) is 20.0. The molecule has 2 aromatic carbocycles. The van der Waals surface area contributed by atoms with Gasteiger partial charge < -0.3 is 4.74 Å². The fourth-order valence-electron chi connectivity index (χ4n) is 2.25. The second kappa shape index (κ2) is 9.43. The number of hydrogen-bond acceptors (Lipinski definition) is 6. The average Bonchev–Trinajstić information content (AvgIpc) is 2.68. The lowest BCUT2D eigenvalue weighted by atomic mass is 10.2. The molecule has 0 aliphatic carbocycles. The van der Waals surface area contributed by atoms with Crippen LogP contribution in [0.2, 0.25) is 0 Å². The van der Waals surface area contributed by atoms with Gasteiger partial charge in [0.2, 0.25) is 0 Å². The van der Waals surface area contributed by atoms with E-state index in [4.69, 9.17) is 4.74 Å². The van der Waals surface area contributed by atoms with E-state index in [-0.39, 0.29) is 5.69 Å². The zero-order chi connectivity index (χ0) is 19.9. The fraction of sp³-hybridized carbons (Fsp3) is 0.0526. The zero-order valence-electron chi connectivity index (χ0n) is 14.4. The molecule has 1 aromatic heterocycles. The molecule has 0 spiro atoms. The van der Waals surface area contributed by atoms with Crippen molar-refractivity contribution in [1.29, 1.82) is 0 Å². The van der Waals surface area contributed by atoms with Crippen molar-refractivity contribution in [2.75, 3.05) is 5.43 Å². The topological polar surface area (TPSA) is 89.7 Å². The van der Waals surface area contributed by atoms with Gasteiger partial charge in [0.15, 0.2) is 0 Å². The minimum Gasteiger partial charge on any atom is -0.487 e. The summed E-state index contributed by atoms with van der Waals surface area (Å²) in [7, 11) is 0. The van der Waals surface area contributed by atoms with Crippen LogP contribution in [0.5, 0.6) is 5.75 Å². The van der Waals surface area contributed by atoms with Crippen LogP contribution in [0.4, 0.5) is 11.5 Å². The summed E-state index contributed by atoms with van der Waals surface area (Å²) >= 11 is 7.03. The van der Waals surface area contributed by atoms with Gasteiger partial charge in [0.05, 0.1) is 20.1 Å². The van der Waals surface area contributed by atoms with E-state index >= 15 is 0 Å². The third-order valence-corrected chi connectivity index (χ3v) is 4.78. The van der Waals surface area contributed by atoms with Crippen LogP contribution in [0.25, 0.3) is 0 Å². The molecule has 0 atom stereocenters. The van der Waals surface area contributed by atoms with E-state index in [1.807, 2.05) is 42.5 Å². The molecule has 3 rings (SSSR count). The maximum atomic E-state index is 10.6. The number of halogens is 2. The van der Waals surface area contributed by atoms with Gasteiger partial charge in [-0.15, -0.1) is 0 Å². The Kier molecular flexibility index (Phi) is 6.72. The molecule has 0 aliphatic heterocycles. The standard InChI is InChI=1S/C19H14Br2N4O3/c20-16-8-14(10-23-24-18-7-6-15(11-22-18)25(26)27)9-17(21)19(16)28-12-13-4-2-1-3-5-13/h1-11H,12H2,(H,22,24)/b23-10+. The maximum absolute atomic E-state index is 10.6. The van der Waals surface area contributed by atoms with Gasteiger partial charge in [-0.1, -0.05) is 30.3 Å². The van der Waals surface area contributed by atoms with Gasteiger partial charge in [-0.05, 0) is 61.2 Å². The molecule has 0 radical (unpaired) electrons. The van der Waals surface area contributed by atoms with Crippen LogP contribution in [0.15, 0.2) is 74.8 Å². The first-order valence-electron chi connectivity index (χ1n) is 8.08. The number of anilines is 1. The highest BCUT2D eigenvalue weighted by atomic mass is 79.9. The monoisotopic (exact) mass is 504 g/mol. The summed E-state index contributed by atoms with van der Waals surface area (Å²) in [5, 5.41) is 14.7. The van der Waals surface area contributed by atoms with E-state index in [1.54, 1.807) is 6.21 Å². The molecule has 0 unspecified atom stereocenters. The minimum absolute atomic E-state index is 0.0755. The molecular weight excluding hydrogens is 492 g/mol. The largest absolute Gasteiger partial charge is 0.487 e. The fourth-order valence-corrected chi connectivity index (χ4v) is 3.71. The first-order valence-corrected chi connectivity index (χ1v) is 9.67. The van der Waals surface area contributed by atoms with Crippen LogP contribution in [-0.2, 0) is 6.61 Å². The van der Waals surface area contributed by atoms with Crippen molar-refractivity contribution >= 4 is 49.6 Å². The number of pyridine rings is 1. The number of benzene rings is 2.